The molecule has 6 heteroatoms. The van der Waals surface area contributed by atoms with Gasteiger partial charge in [-0.25, -0.2) is 4.79 Å². The fourth-order valence-electron chi connectivity index (χ4n) is 2.53. The van der Waals surface area contributed by atoms with Crippen LogP contribution >= 0.6 is 27.3 Å². The lowest BCUT2D eigenvalue weighted by Gasteiger charge is -2.10. The van der Waals surface area contributed by atoms with Crippen molar-refractivity contribution in [3.8, 4) is 0 Å². The second-order valence-electron chi connectivity index (χ2n) is 6.15. The summed E-state index contributed by atoms with van der Waals surface area (Å²) in [6.45, 7) is 8.12. The quantitative estimate of drug-likeness (QED) is 0.628. The molecule has 1 heterocycles. The van der Waals surface area contributed by atoms with Gasteiger partial charge in [0, 0.05) is 5.56 Å². The topological polar surface area (TPSA) is 55.4 Å². The van der Waals surface area contributed by atoms with E-state index in [2.05, 4.69) is 35.1 Å². The number of esters is 1. The molecule has 0 radical (unpaired) electrons. The maximum atomic E-state index is 12.6. The molecule has 0 aliphatic heterocycles. The molecular formula is C19H22BrNO3S. The minimum Gasteiger partial charge on any atom is -0.462 e. The molecule has 1 N–H and O–H groups in total. The first-order valence-electron chi connectivity index (χ1n) is 8.20. The van der Waals surface area contributed by atoms with Crippen LogP contribution in [0.25, 0.3) is 0 Å². The van der Waals surface area contributed by atoms with Gasteiger partial charge in [-0.15, -0.1) is 11.3 Å². The number of aryl methyl sites for hydroxylation is 1. The zero-order chi connectivity index (χ0) is 18.6. The summed E-state index contributed by atoms with van der Waals surface area (Å²) in [5.74, 6) is -0.257. The molecule has 0 unspecified atom stereocenters. The molecule has 1 aromatic carbocycles. The van der Waals surface area contributed by atoms with E-state index in [0.717, 1.165) is 21.3 Å². The van der Waals surface area contributed by atoms with Crippen LogP contribution < -0.4 is 5.32 Å². The zero-order valence-corrected chi connectivity index (χ0v) is 17.2. The molecule has 0 atom stereocenters. The van der Waals surface area contributed by atoms with Crippen LogP contribution in [0.15, 0.2) is 28.1 Å². The van der Waals surface area contributed by atoms with E-state index < -0.39 is 5.97 Å². The number of hydrogen-bond donors (Lipinski definition) is 1. The van der Waals surface area contributed by atoms with Crippen molar-refractivity contribution in [1.82, 2.24) is 0 Å². The van der Waals surface area contributed by atoms with Gasteiger partial charge in [-0.05, 0) is 59.3 Å². The first kappa shape index (κ1) is 19.7. The maximum Gasteiger partial charge on any atom is 0.341 e. The second kappa shape index (κ2) is 8.63. The van der Waals surface area contributed by atoms with Gasteiger partial charge in [-0.1, -0.05) is 32.0 Å². The standard InChI is InChI=1S/C19H22BrNO3S/c1-5-24-19(23)15-14(10-11(2)3)16(20)25-18(15)21-17(22)13-9-7-6-8-12(13)4/h6-9,11H,5,10H2,1-4H3,(H,21,22). The molecule has 0 fully saturated rings. The van der Waals surface area contributed by atoms with Crippen LogP contribution in [0.1, 0.15) is 52.6 Å². The number of anilines is 1. The Balaban J connectivity index is 2.41. The Kier molecular flexibility index (Phi) is 6.79. The third kappa shape index (κ3) is 4.70. The number of halogens is 1. The van der Waals surface area contributed by atoms with Crippen molar-refractivity contribution >= 4 is 44.1 Å². The van der Waals surface area contributed by atoms with E-state index in [9.17, 15) is 9.59 Å². The summed E-state index contributed by atoms with van der Waals surface area (Å²) >= 11 is 4.89. The number of carbonyl (C=O) groups is 2. The highest BCUT2D eigenvalue weighted by Crippen LogP contribution is 2.39. The third-order valence-corrected chi connectivity index (χ3v) is 5.57. The van der Waals surface area contributed by atoms with E-state index in [1.54, 1.807) is 13.0 Å². The highest BCUT2D eigenvalue weighted by atomic mass is 79.9. The SMILES string of the molecule is CCOC(=O)c1c(NC(=O)c2ccccc2C)sc(Br)c1CC(C)C. The Morgan fingerprint density at radius 3 is 2.56 bits per heavy atom. The minimum absolute atomic E-state index is 0.228. The van der Waals surface area contributed by atoms with E-state index in [0.29, 0.717) is 28.7 Å². The van der Waals surface area contributed by atoms with E-state index in [1.165, 1.54) is 11.3 Å². The van der Waals surface area contributed by atoms with Gasteiger partial charge in [-0.2, -0.15) is 0 Å². The third-order valence-electron chi connectivity index (χ3n) is 3.67. The van der Waals surface area contributed by atoms with Gasteiger partial charge >= 0.3 is 5.97 Å². The van der Waals surface area contributed by atoms with Crippen LogP contribution in [0.3, 0.4) is 0 Å². The molecule has 1 amide bonds. The van der Waals surface area contributed by atoms with E-state index >= 15 is 0 Å². The largest absolute Gasteiger partial charge is 0.462 e. The number of amides is 1. The predicted octanol–water partition coefficient (Wildman–Crippen LogP) is 5.45. The van der Waals surface area contributed by atoms with Crippen molar-refractivity contribution in [2.45, 2.75) is 34.1 Å². The van der Waals surface area contributed by atoms with E-state index in [1.807, 2.05) is 25.1 Å². The Labute approximate surface area is 160 Å². The van der Waals surface area contributed by atoms with Crippen LogP contribution in [0.2, 0.25) is 0 Å². The number of hydrogen-bond acceptors (Lipinski definition) is 4. The minimum atomic E-state index is -0.403. The number of thiophene rings is 1. The van der Waals surface area contributed by atoms with E-state index in [4.69, 9.17) is 4.74 Å². The van der Waals surface area contributed by atoms with Crippen LogP contribution in [0.4, 0.5) is 5.00 Å². The lowest BCUT2D eigenvalue weighted by atomic mass is 10.0. The van der Waals surface area contributed by atoms with Crippen molar-refractivity contribution in [3.05, 3.63) is 50.3 Å². The molecule has 0 bridgehead atoms. The first-order chi connectivity index (χ1) is 11.8. The molecule has 0 aliphatic carbocycles. The molecule has 0 saturated heterocycles. The molecular weight excluding hydrogens is 402 g/mol. The summed E-state index contributed by atoms with van der Waals surface area (Å²) in [4.78, 5) is 25.1. The number of rotatable bonds is 6. The van der Waals surface area contributed by atoms with Gasteiger partial charge in [0.05, 0.1) is 16.0 Å². The molecule has 2 aromatic rings. The highest BCUT2D eigenvalue weighted by Gasteiger charge is 2.26. The summed E-state index contributed by atoms with van der Waals surface area (Å²) in [6.07, 6.45) is 0.728. The number of carbonyl (C=O) groups excluding carboxylic acids is 2. The Morgan fingerprint density at radius 1 is 1.28 bits per heavy atom. The normalized spacial score (nSPS) is 10.8. The lowest BCUT2D eigenvalue weighted by Crippen LogP contribution is -2.16. The lowest BCUT2D eigenvalue weighted by molar-refractivity contribution is 0.0526. The van der Waals surface area contributed by atoms with Gasteiger partial charge < -0.3 is 10.1 Å². The summed E-state index contributed by atoms with van der Waals surface area (Å²) in [7, 11) is 0. The van der Waals surface area contributed by atoms with Crippen LogP contribution in [0.5, 0.6) is 0 Å². The monoisotopic (exact) mass is 423 g/mol. The van der Waals surface area contributed by atoms with Crippen molar-refractivity contribution in [1.29, 1.82) is 0 Å². The van der Waals surface area contributed by atoms with Crippen LogP contribution in [-0.4, -0.2) is 18.5 Å². The predicted molar refractivity (Wildman–Crippen MR) is 106 cm³/mol. The highest BCUT2D eigenvalue weighted by molar-refractivity contribution is 9.11. The van der Waals surface area contributed by atoms with Crippen molar-refractivity contribution < 1.29 is 14.3 Å². The molecule has 0 spiro atoms. The van der Waals surface area contributed by atoms with Crippen molar-refractivity contribution in [2.24, 2.45) is 5.92 Å². The number of benzene rings is 1. The smallest absolute Gasteiger partial charge is 0.341 e. The Bertz CT molecular complexity index is 783. The number of ether oxygens (including phenoxy) is 1. The van der Waals surface area contributed by atoms with Crippen molar-refractivity contribution in [3.63, 3.8) is 0 Å². The van der Waals surface area contributed by atoms with Gasteiger partial charge in [0.25, 0.3) is 5.91 Å². The summed E-state index contributed by atoms with van der Waals surface area (Å²) < 4.78 is 6.06. The average molecular weight is 424 g/mol. The average Bonchev–Trinajstić information content (AvgIpc) is 2.82. The molecule has 0 saturated carbocycles. The van der Waals surface area contributed by atoms with Gasteiger partial charge in [-0.3, -0.25) is 4.79 Å². The molecule has 0 aliphatic rings. The maximum absolute atomic E-state index is 12.6. The zero-order valence-electron chi connectivity index (χ0n) is 14.8. The molecule has 2 rings (SSSR count). The van der Waals surface area contributed by atoms with Gasteiger partial charge in [0.15, 0.2) is 0 Å². The molecule has 4 nitrogen and oxygen atoms in total. The van der Waals surface area contributed by atoms with Crippen molar-refractivity contribution in [2.75, 3.05) is 11.9 Å². The fraction of sp³-hybridized carbons (Fsp3) is 0.368. The first-order valence-corrected chi connectivity index (χ1v) is 9.81. The fourth-order valence-corrected chi connectivity index (χ4v) is 4.32. The molecule has 134 valence electrons. The van der Waals surface area contributed by atoms with Crippen LogP contribution in [-0.2, 0) is 11.2 Å². The van der Waals surface area contributed by atoms with Gasteiger partial charge in [0.1, 0.15) is 5.00 Å². The summed E-state index contributed by atoms with van der Waals surface area (Å²) in [5, 5.41) is 3.41. The van der Waals surface area contributed by atoms with E-state index in [-0.39, 0.29) is 5.91 Å². The summed E-state index contributed by atoms with van der Waals surface area (Å²) in [6, 6.07) is 7.36. The molecule has 25 heavy (non-hydrogen) atoms. The number of nitrogens with one attached hydrogen (secondary N) is 1. The second-order valence-corrected chi connectivity index (χ2v) is 8.48. The van der Waals surface area contributed by atoms with Crippen LogP contribution in [0, 0.1) is 12.8 Å². The summed E-state index contributed by atoms with van der Waals surface area (Å²) in [5.41, 5.74) is 2.82. The Hall–Kier alpha value is -1.66. The Morgan fingerprint density at radius 2 is 1.96 bits per heavy atom. The molecule has 1 aromatic heterocycles. The van der Waals surface area contributed by atoms with Gasteiger partial charge in [0.2, 0.25) is 0 Å².